The normalized spacial score (nSPS) is 36.5. The van der Waals surface area contributed by atoms with Gasteiger partial charge in [0, 0.05) is 10.8 Å². The van der Waals surface area contributed by atoms with Crippen LogP contribution in [0, 0.1) is 11.8 Å². The maximum Gasteiger partial charge on any atom is 0.240 e. The maximum atomic E-state index is 13.2. The van der Waals surface area contributed by atoms with Crippen molar-refractivity contribution in [3.05, 3.63) is 36.4 Å². The third-order valence-electron chi connectivity index (χ3n) is 6.33. The summed E-state index contributed by atoms with van der Waals surface area (Å²) in [5.41, 5.74) is -0.578. The molecule has 5 heteroatoms. The summed E-state index contributed by atoms with van der Waals surface area (Å²) in [6.45, 7) is 3.90. The predicted molar refractivity (Wildman–Crippen MR) is 92.2 cm³/mol. The number of benzene rings is 2. The van der Waals surface area contributed by atoms with Crippen molar-refractivity contribution < 1.29 is 19.4 Å². The molecule has 2 unspecified atom stereocenters. The van der Waals surface area contributed by atoms with E-state index in [0.717, 1.165) is 12.8 Å². The molecule has 3 fully saturated rings. The highest BCUT2D eigenvalue weighted by Gasteiger charge is 2.72. The summed E-state index contributed by atoms with van der Waals surface area (Å²) in [6, 6.07) is 10.5. The van der Waals surface area contributed by atoms with Gasteiger partial charge in [-0.05, 0) is 38.8 Å². The Morgan fingerprint density at radius 1 is 0.960 bits per heavy atom. The highest BCUT2D eigenvalue weighted by atomic mass is 16.5. The number of aromatic hydroxyl groups is 1. The van der Waals surface area contributed by atoms with Crippen LogP contribution in [0.1, 0.15) is 26.7 Å². The van der Waals surface area contributed by atoms with Gasteiger partial charge in [-0.3, -0.25) is 9.59 Å². The quantitative estimate of drug-likeness (QED) is 0.813. The fourth-order valence-corrected chi connectivity index (χ4v) is 5.17. The van der Waals surface area contributed by atoms with E-state index in [-0.39, 0.29) is 17.6 Å². The first-order chi connectivity index (χ1) is 11.9. The monoisotopic (exact) mass is 337 g/mol. The molecule has 5 nitrogen and oxygen atoms in total. The van der Waals surface area contributed by atoms with Crippen LogP contribution in [0.15, 0.2) is 36.4 Å². The molecule has 2 aromatic rings. The number of hydrogen-bond acceptors (Lipinski definition) is 4. The first-order valence-electron chi connectivity index (χ1n) is 8.64. The summed E-state index contributed by atoms with van der Waals surface area (Å²) in [5.74, 6) is -1.08. The van der Waals surface area contributed by atoms with Crippen LogP contribution in [-0.2, 0) is 14.3 Å². The zero-order valence-electron chi connectivity index (χ0n) is 14.2. The molecule has 3 aliphatic heterocycles. The molecule has 2 bridgehead atoms. The number of imide groups is 1. The van der Waals surface area contributed by atoms with Crippen molar-refractivity contribution in [2.45, 2.75) is 37.9 Å². The van der Waals surface area contributed by atoms with Gasteiger partial charge in [0.1, 0.15) is 5.75 Å². The number of nitrogens with zero attached hydrogens (tertiary/aromatic N) is 1. The second-order valence-corrected chi connectivity index (χ2v) is 7.84. The van der Waals surface area contributed by atoms with E-state index in [9.17, 15) is 14.7 Å². The van der Waals surface area contributed by atoms with Gasteiger partial charge in [-0.15, -0.1) is 0 Å². The highest BCUT2D eigenvalue weighted by molar-refractivity contribution is 6.26. The third-order valence-corrected chi connectivity index (χ3v) is 6.33. The van der Waals surface area contributed by atoms with E-state index in [1.165, 1.54) is 4.90 Å². The predicted octanol–water partition coefficient (Wildman–Crippen LogP) is 2.99. The van der Waals surface area contributed by atoms with Crippen molar-refractivity contribution in [3.63, 3.8) is 0 Å². The number of carbonyl (C=O) groups excluding carboxylic acids is 2. The molecule has 2 amide bonds. The molecular weight excluding hydrogens is 318 g/mol. The number of rotatable bonds is 1. The molecule has 0 saturated carbocycles. The minimum Gasteiger partial charge on any atom is -0.507 e. The van der Waals surface area contributed by atoms with E-state index >= 15 is 0 Å². The van der Waals surface area contributed by atoms with Crippen molar-refractivity contribution >= 4 is 28.3 Å². The fourth-order valence-electron chi connectivity index (χ4n) is 5.17. The number of anilines is 1. The van der Waals surface area contributed by atoms with Gasteiger partial charge in [0.15, 0.2) is 0 Å². The molecule has 5 rings (SSSR count). The molecule has 0 spiro atoms. The van der Waals surface area contributed by atoms with E-state index in [1.807, 2.05) is 32.0 Å². The lowest BCUT2D eigenvalue weighted by Gasteiger charge is -2.27. The Labute approximate surface area is 145 Å². The first-order valence-corrected chi connectivity index (χ1v) is 8.64. The number of phenols is 1. The van der Waals surface area contributed by atoms with Gasteiger partial charge < -0.3 is 9.84 Å². The van der Waals surface area contributed by atoms with Crippen molar-refractivity contribution in [2.24, 2.45) is 11.8 Å². The number of carbonyl (C=O) groups is 2. The Morgan fingerprint density at radius 2 is 1.52 bits per heavy atom. The maximum absolute atomic E-state index is 13.2. The Balaban J connectivity index is 1.69. The number of ether oxygens (including phenoxy) is 1. The number of phenolic OH excluding ortho intramolecular Hbond substituents is 1. The van der Waals surface area contributed by atoms with Crippen molar-refractivity contribution in [3.8, 4) is 5.75 Å². The minimum atomic E-state index is -0.562. The number of amides is 2. The lowest BCUT2D eigenvalue weighted by Crippen LogP contribution is -2.40. The third kappa shape index (κ3) is 1.66. The standard InChI is InChI=1S/C20H19NO4/c1-19-9-10-20(2,25-19)16-15(19)17(23)21(18(16)24)13-7-8-14(22)12-6-4-3-5-11(12)13/h3-8,15-16,22H,9-10H2,1-2H3/t15-,16+,19?,20?. The second kappa shape index (κ2) is 4.41. The second-order valence-electron chi connectivity index (χ2n) is 7.84. The molecule has 0 radical (unpaired) electrons. The van der Waals surface area contributed by atoms with Crippen LogP contribution in [0.5, 0.6) is 5.75 Å². The van der Waals surface area contributed by atoms with Gasteiger partial charge in [0.2, 0.25) is 11.8 Å². The summed E-state index contributed by atoms with van der Waals surface area (Å²) >= 11 is 0. The summed E-state index contributed by atoms with van der Waals surface area (Å²) in [7, 11) is 0. The average Bonchev–Trinajstić information content (AvgIpc) is 3.13. The van der Waals surface area contributed by atoms with Crippen molar-refractivity contribution in [2.75, 3.05) is 4.90 Å². The SMILES string of the molecule is CC12CCC(C)(O1)[C@H]1C(=O)N(c3ccc(O)c4ccccc34)C(=O)[C@H]12. The summed E-state index contributed by atoms with van der Waals surface area (Å²) in [5, 5.41) is 11.4. The highest BCUT2D eigenvalue weighted by Crippen LogP contribution is 2.61. The molecule has 0 aliphatic carbocycles. The first kappa shape index (κ1) is 14.9. The van der Waals surface area contributed by atoms with Crippen LogP contribution >= 0.6 is 0 Å². The van der Waals surface area contributed by atoms with Gasteiger partial charge in [-0.25, -0.2) is 4.90 Å². The Bertz CT molecular complexity index is 920. The molecule has 3 heterocycles. The van der Waals surface area contributed by atoms with Crippen LogP contribution < -0.4 is 4.90 Å². The molecule has 128 valence electrons. The lowest BCUT2D eigenvalue weighted by atomic mass is 9.69. The molecule has 2 aromatic carbocycles. The largest absolute Gasteiger partial charge is 0.507 e. The zero-order valence-corrected chi connectivity index (χ0v) is 14.2. The van der Waals surface area contributed by atoms with E-state index in [2.05, 4.69) is 0 Å². The topological polar surface area (TPSA) is 66.8 Å². The van der Waals surface area contributed by atoms with Crippen LogP contribution in [0.4, 0.5) is 5.69 Å². The summed E-state index contributed by atoms with van der Waals surface area (Å²) in [6.07, 6.45) is 1.60. The number of fused-ring (bicyclic) bond motifs is 6. The fraction of sp³-hybridized carbons (Fsp3) is 0.400. The molecule has 25 heavy (non-hydrogen) atoms. The van der Waals surface area contributed by atoms with Gasteiger partial charge in [0.05, 0.1) is 28.7 Å². The van der Waals surface area contributed by atoms with E-state index in [4.69, 9.17) is 4.74 Å². The van der Waals surface area contributed by atoms with E-state index in [1.54, 1.807) is 18.2 Å². The van der Waals surface area contributed by atoms with Crippen molar-refractivity contribution in [1.82, 2.24) is 0 Å². The summed E-state index contributed by atoms with van der Waals surface area (Å²) in [4.78, 5) is 27.8. The smallest absolute Gasteiger partial charge is 0.240 e. The lowest BCUT2D eigenvalue weighted by molar-refractivity contribution is -0.129. The molecular formula is C20H19NO4. The van der Waals surface area contributed by atoms with E-state index < -0.39 is 23.0 Å². The van der Waals surface area contributed by atoms with Crippen LogP contribution in [0.25, 0.3) is 10.8 Å². The van der Waals surface area contributed by atoms with Crippen LogP contribution in [0.2, 0.25) is 0 Å². The molecule has 3 aliphatic rings. The Morgan fingerprint density at radius 3 is 2.12 bits per heavy atom. The van der Waals surface area contributed by atoms with Gasteiger partial charge in [-0.1, -0.05) is 24.3 Å². The Hall–Kier alpha value is -2.40. The van der Waals surface area contributed by atoms with Gasteiger partial charge in [-0.2, -0.15) is 0 Å². The minimum absolute atomic E-state index is 0.140. The van der Waals surface area contributed by atoms with Crippen molar-refractivity contribution in [1.29, 1.82) is 0 Å². The molecule has 3 saturated heterocycles. The van der Waals surface area contributed by atoms with Gasteiger partial charge in [0.25, 0.3) is 0 Å². The zero-order chi connectivity index (χ0) is 17.6. The van der Waals surface area contributed by atoms with E-state index in [0.29, 0.717) is 16.5 Å². The average molecular weight is 337 g/mol. The Kier molecular flexibility index (Phi) is 2.63. The number of hydrogen-bond donors (Lipinski definition) is 1. The summed E-state index contributed by atoms with van der Waals surface area (Å²) < 4.78 is 6.14. The molecule has 1 N–H and O–H groups in total. The van der Waals surface area contributed by atoms with Gasteiger partial charge >= 0.3 is 0 Å². The van der Waals surface area contributed by atoms with Crippen LogP contribution in [-0.4, -0.2) is 28.1 Å². The molecule has 0 aromatic heterocycles. The molecule has 4 atom stereocenters. The van der Waals surface area contributed by atoms with Crippen LogP contribution in [0.3, 0.4) is 0 Å².